The molecule has 23 heavy (non-hydrogen) atoms. The van der Waals surface area contributed by atoms with Crippen molar-refractivity contribution in [3.63, 3.8) is 0 Å². The summed E-state index contributed by atoms with van der Waals surface area (Å²) in [6.07, 6.45) is 2.66. The van der Waals surface area contributed by atoms with Gasteiger partial charge in [-0.25, -0.2) is 9.78 Å². The summed E-state index contributed by atoms with van der Waals surface area (Å²) in [5.41, 5.74) is 1.41. The van der Waals surface area contributed by atoms with Crippen LogP contribution >= 0.6 is 0 Å². The second kappa shape index (κ2) is 5.72. The Kier molecular flexibility index (Phi) is 3.87. The fraction of sp³-hybridized carbons (Fsp3) is 0.562. The molecule has 7 heteroatoms. The smallest absolute Gasteiger partial charge is 0.405 e. The van der Waals surface area contributed by atoms with E-state index in [-0.39, 0.29) is 23.9 Å². The Labute approximate surface area is 134 Å². The number of hydrogen-bond donors (Lipinski definition) is 2. The Morgan fingerprint density at radius 3 is 2.65 bits per heavy atom. The zero-order valence-corrected chi connectivity index (χ0v) is 13.4. The summed E-state index contributed by atoms with van der Waals surface area (Å²) in [4.78, 5) is 29.5. The monoisotopic (exact) mass is 319 g/mol. The van der Waals surface area contributed by atoms with E-state index in [1.807, 2.05) is 6.92 Å². The number of nitrogens with one attached hydrogen (secondary N) is 1. The van der Waals surface area contributed by atoms with Crippen LogP contribution in [0.1, 0.15) is 38.3 Å². The first-order valence-corrected chi connectivity index (χ1v) is 7.77. The first-order chi connectivity index (χ1) is 10.9. The molecule has 1 saturated carbocycles. The summed E-state index contributed by atoms with van der Waals surface area (Å²) in [5, 5.41) is 11.8. The maximum Gasteiger partial charge on any atom is 0.405 e. The molecule has 1 fully saturated rings. The Morgan fingerprint density at radius 1 is 1.43 bits per heavy atom. The van der Waals surface area contributed by atoms with Crippen LogP contribution in [-0.2, 0) is 4.79 Å². The molecular weight excluding hydrogens is 298 g/mol. The lowest BCUT2D eigenvalue weighted by molar-refractivity contribution is -0.117. The van der Waals surface area contributed by atoms with E-state index in [9.17, 15) is 14.7 Å². The molecule has 7 nitrogen and oxygen atoms in total. The van der Waals surface area contributed by atoms with Crippen LogP contribution < -0.4 is 15.0 Å². The van der Waals surface area contributed by atoms with E-state index in [2.05, 4.69) is 10.3 Å². The molecule has 1 aromatic rings. The molecule has 0 aromatic carbocycles. The number of hydrogen-bond acceptors (Lipinski definition) is 4. The molecule has 2 aliphatic rings. The van der Waals surface area contributed by atoms with E-state index in [0.717, 1.165) is 12.8 Å². The zero-order valence-electron chi connectivity index (χ0n) is 13.4. The minimum atomic E-state index is -1.07. The molecule has 3 rings (SSSR count). The Bertz CT molecular complexity index is 644. The summed E-state index contributed by atoms with van der Waals surface area (Å²) in [7, 11) is 1.52. The third-order valence-electron chi connectivity index (χ3n) is 4.78. The van der Waals surface area contributed by atoms with Crippen molar-refractivity contribution in [1.82, 2.24) is 10.3 Å². The van der Waals surface area contributed by atoms with Crippen LogP contribution in [0.15, 0.2) is 12.3 Å². The molecule has 124 valence electrons. The van der Waals surface area contributed by atoms with E-state index >= 15 is 0 Å². The van der Waals surface area contributed by atoms with Gasteiger partial charge in [0, 0.05) is 36.7 Å². The van der Waals surface area contributed by atoms with Gasteiger partial charge in [0.05, 0.1) is 18.8 Å². The standard InChI is InChI=1S/C16H21N3O4/c1-8-14(18-16(21)22)11-7-17-13(23-3)6-12(11)19(9(2)20)15(8)10-4-5-10/h6-8,10,14-15,18H,4-5H2,1-3H3,(H,21,22)/t8-,14-,15-/m1/s1. The highest BCUT2D eigenvalue weighted by Gasteiger charge is 2.48. The van der Waals surface area contributed by atoms with Crippen molar-refractivity contribution in [2.45, 2.75) is 38.8 Å². The number of amides is 2. The molecule has 0 radical (unpaired) electrons. The van der Waals surface area contributed by atoms with Crippen LogP contribution in [0.25, 0.3) is 0 Å². The number of methoxy groups -OCH3 is 1. The van der Waals surface area contributed by atoms with Crippen molar-refractivity contribution in [3.8, 4) is 5.88 Å². The van der Waals surface area contributed by atoms with E-state index in [4.69, 9.17) is 4.74 Å². The zero-order chi connectivity index (χ0) is 16.7. The predicted octanol–water partition coefficient (Wildman–Crippen LogP) is 2.18. The molecule has 0 saturated heterocycles. The summed E-state index contributed by atoms with van der Waals surface area (Å²) >= 11 is 0. The van der Waals surface area contributed by atoms with Crippen molar-refractivity contribution in [1.29, 1.82) is 0 Å². The Balaban J connectivity index is 2.13. The summed E-state index contributed by atoms with van der Waals surface area (Å²) in [6.45, 7) is 3.54. The van der Waals surface area contributed by atoms with Gasteiger partial charge in [-0.2, -0.15) is 0 Å². The highest BCUT2D eigenvalue weighted by Crippen LogP contribution is 2.49. The topological polar surface area (TPSA) is 91.8 Å². The quantitative estimate of drug-likeness (QED) is 0.891. The van der Waals surface area contributed by atoms with Crippen LogP contribution in [0.4, 0.5) is 10.5 Å². The molecule has 2 N–H and O–H groups in total. The van der Waals surface area contributed by atoms with Gasteiger partial charge in [0.2, 0.25) is 11.8 Å². The van der Waals surface area contributed by atoms with Gasteiger partial charge >= 0.3 is 6.09 Å². The third kappa shape index (κ3) is 2.71. The fourth-order valence-electron chi connectivity index (χ4n) is 3.67. The van der Waals surface area contributed by atoms with Gasteiger partial charge < -0.3 is 20.1 Å². The van der Waals surface area contributed by atoms with Crippen LogP contribution in [0.5, 0.6) is 5.88 Å². The van der Waals surface area contributed by atoms with E-state index < -0.39 is 6.09 Å². The minimum Gasteiger partial charge on any atom is -0.481 e. The number of carboxylic acid groups (broad SMARTS) is 1. The maximum atomic E-state index is 12.3. The summed E-state index contributed by atoms with van der Waals surface area (Å²) < 4.78 is 5.18. The molecule has 0 bridgehead atoms. The largest absolute Gasteiger partial charge is 0.481 e. The molecule has 1 aromatic heterocycles. The number of anilines is 1. The number of rotatable bonds is 3. The average Bonchev–Trinajstić information content (AvgIpc) is 3.32. The number of pyridine rings is 1. The second-order valence-corrected chi connectivity index (χ2v) is 6.29. The molecule has 0 spiro atoms. The lowest BCUT2D eigenvalue weighted by Gasteiger charge is -2.45. The van der Waals surface area contributed by atoms with Crippen molar-refractivity contribution in [3.05, 3.63) is 17.8 Å². The number of carbonyl (C=O) groups excluding carboxylic acids is 1. The lowest BCUT2D eigenvalue weighted by Crippen LogP contribution is -2.53. The molecular formula is C16H21N3O4. The van der Waals surface area contributed by atoms with Crippen molar-refractivity contribution in [2.24, 2.45) is 11.8 Å². The molecule has 0 unspecified atom stereocenters. The third-order valence-corrected chi connectivity index (χ3v) is 4.78. The minimum absolute atomic E-state index is 0.0102. The molecule has 2 amide bonds. The normalized spacial score (nSPS) is 26.4. The van der Waals surface area contributed by atoms with Crippen LogP contribution in [0, 0.1) is 11.8 Å². The first kappa shape index (κ1) is 15.6. The summed E-state index contributed by atoms with van der Waals surface area (Å²) in [6, 6.07) is 1.32. The Morgan fingerprint density at radius 2 is 2.13 bits per heavy atom. The van der Waals surface area contributed by atoms with Gasteiger partial charge in [-0.1, -0.05) is 6.92 Å². The average molecular weight is 319 g/mol. The van der Waals surface area contributed by atoms with Gasteiger partial charge in [0.1, 0.15) is 0 Å². The predicted molar refractivity (Wildman–Crippen MR) is 83.5 cm³/mol. The van der Waals surface area contributed by atoms with Crippen LogP contribution in [-0.4, -0.2) is 35.2 Å². The maximum absolute atomic E-state index is 12.3. The lowest BCUT2D eigenvalue weighted by atomic mass is 9.80. The molecule has 2 heterocycles. The number of carbonyl (C=O) groups is 2. The van der Waals surface area contributed by atoms with Crippen LogP contribution in [0.3, 0.4) is 0 Å². The SMILES string of the molecule is COc1cc2c(cn1)[C@H](NC(=O)O)[C@@H](C)[C@H](C1CC1)N2C(C)=O. The highest BCUT2D eigenvalue weighted by molar-refractivity contribution is 5.94. The van der Waals surface area contributed by atoms with Gasteiger partial charge in [-0.05, 0) is 18.8 Å². The Hall–Kier alpha value is -2.31. The van der Waals surface area contributed by atoms with E-state index in [1.165, 1.54) is 7.11 Å². The first-order valence-electron chi connectivity index (χ1n) is 7.77. The molecule has 3 atom stereocenters. The van der Waals surface area contributed by atoms with Gasteiger partial charge in [-0.15, -0.1) is 0 Å². The highest BCUT2D eigenvalue weighted by atomic mass is 16.5. The number of nitrogens with zero attached hydrogens (tertiary/aromatic N) is 2. The van der Waals surface area contributed by atoms with Gasteiger partial charge in [0.15, 0.2) is 0 Å². The molecule has 1 aliphatic carbocycles. The van der Waals surface area contributed by atoms with Gasteiger partial charge in [-0.3, -0.25) is 4.79 Å². The fourth-order valence-corrected chi connectivity index (χ4v) is 3.67. The summed E-state index contributed by atoms with van der Waals surface area (Å²) in [5.74, 6) is 0.759. The number of fused-ring (bicyclic) bond motifs is 1. The van der Waals surface area contributed by atoms with Crippen molar-refractivity contribution < 1.29 is 19.4 Å². The van der Waals surface area contributed by atoms with Gasteiger partial charge in [0.25, 0.3) is 0 Å². The van der Waals surface area contributed by atoms with Crippen molar-refractivity contribution in [2.75, 3.05) is 12.0 Å². The van der Waals surface area contributed by atoms with Crippen molar-refractivity contribution >= 4 is 17.7 Å². The number of ether oxygens (including phenoxy) is 1. The second-order valence-electron chi connectivity index (χ2n) is 6.29. The molecule has 1 aliphatic heterocycles. The van der Waals surface area contributed by atoms with E-state index in [0.29, 0.717) is 23.0 Å². The van der Waals surface area contributed by atoms with Crippen LogP contribution in [0.2, 0.25) is 0 Å². The number of aromatic nitrogens is 1. The van der Waals surface area contributed by atoms with E-state index in [1.54, 1.807) is 24.1 Å².